The van der Waals surface area contributed by atoms with E-state index in [9.17, 15) is 13.2 Å². The standard InChI is InChI=1S/C21H26N2O3S/c1-16-8-10-18(11-9-16)21(17-6-4-3-5-7-17)22-14-20(24)23(2)19-12-13-27(25,26)15-19/h3-11,19,21-22H,12-15H2,1-2H3/p+1/t19-,21-/m1/s1. The predicted octanol–water partition coefficient (Wildman–Crippen LogP) is 1.29. The number of amides is 1. The Morgan fingerprint density at radius 1 is 1.11 bits per heavy atom. The van der Waals surface area contributed by atoms with Gasteiger partial charge in [0.15, 0.2) is 16.4 Å². The van der Waals surface area contributed by atoms with Gasteiger partial charge in [-0.2, -0.15) is 0 Å². The Balaban J connectivity index is 1.71. The monoisotopic (exact) mass is 387 g/mol. The molecule has 0 unspecified atom stereocenters. The highest BCUT2D eigenvalue weighted by molar-refractivity contribution is 7.91. The second-order valence-electron chi connectivity index (χ2n) is 7.30. The van der Waals surface area contributed by atoms with Crippen molar-refractivity contribution in [3.8, 4) is 0 Å². The topological polar surface area (TPSA) is 71.1 Å². The van der Waals surface area contributed by atoms with E-state index in [1.54, 1.807) is 11.9 Å². The largest absolute Gasteiger partial charge is 0.337 e. The van der Waals surface area contributed by atoms with Crippen LogP contribution in [0.2, 0.25) is 0 Å². The number of carbonyl (C=O) groups excluding carboxylic acids is 1. The predicted molar refractivity (Wildman–Crippen MR) is 106 cm³/mol. The number of carbonyl (C=O) groups is 1. The molecule has 6 heteroatoms. The van der Waals surface area contributed by atoms with E-state index in [2.05, 4.69) is 43.3 Å². The Labute approximate surface area is 161 Å². The van der Waals surface area contributed by atoms with Gasteiger partial charge in [-0.05, 0) is 13.3 Å². The van der Waals surface area contributed by atoms with Crippen LogP contribution in [0.5, 0.6) is 0 Å². The molecule has 27 heavy (non-hydrogen) atoms. The molecule has 0 radical (unpaired) electrons. The van der Waals surface area contributed by atoms with Gasteiger partial charge in [0.05, 0.1) is 11.5 Å². The summed E-state index contributed by atoms with van der Waals surface area (Å²) in [5.74, 6) is 0.217. The molecule has 1 fully saturated rings. The molecule has 0 aromatic heterocycles. The molecule has 5 nitrogen and oxygen atoms in total. The van der Waals surface area contributed by atoms with Gasteiger partial charge >= 0.3 is 0 Å². The van der Waals surface area contributed by atoms with Gasteiger partial charge in [0.25, 0.3) is 5.91 Å². The lowest BCUT2D eigenvalue weighted by Gasteiger charge is -2.24. The zero-order valence-electron chi connectivity index (χ0n) is 15.8. The molecule has 2 aromatic rings. The fraction of sp³-hybridized carbons (Fsp3) is 0.381. The fourth-order valence-corrected chi connectivity index (χ4v) is 5.32. The van der Waals surface area contributed by atoms with Crippen LogP contribution < -0.4 is 5.32 Å². The minimum absolute atomic E-state index is 0.0245. The Morgan fingerprint density at radius 2 is 1.74 bits per heavy atom. The lowest BCUT2D eigenvalue weighted by Crippen LogP contribution is -2.87. The van der Waals surface area contributed by atoms with Crippen molar-refractivity contribution in [2.45, 2.75) is 25.4 Å². The molecule has 0 bridgehead atoms. The van der Waals surface area contributed by atoms with E-state index >= 15 is 0 Å². The third kappa shape index (κ3) is 4.96. The molecule has 144 valence electrons. The summed E-state index contributed by atoms with van der Waals surface area (Å²) in [6.45, 7) is 2.33. The van der Waals surface area contributed by atoms with E-state index < -0.39 is 9.84 Å². The van der Waals surface area contributed by atoms with E-state index in [1.165, 1.54) is 5.56 Å². The number of sulfone groups is 1. The van der Waals surface area contributed by atoms with Crippen LogP contribution in [-0.2, 0) is 14.6 Å². The Hall–Kier alpha value is -2.18. The van der Waals surface area contributed by atoms with E-state index in [0.29, 0.717) is 6.42 Å². The van der Waals surface area contributed by atoms with E-state index in [1.807, 2.05) is 23.5 Å². The van der Waals surface area contributed by atoms with Crippen molar-refractivity contribution >= 4 is 15.7 Å². The number of nitrogens with two attached hydrogens (primary N) is 1. The molecule has 0 aliphatic carbocycles. The molecule has 2 atom stereocenters. The van der Waals surface area contributed by atoms with Crippen molar-refractivity contribution in [1.82, 2.24) is 4.90 Å². The van der Waals surface area contributed by atoms with Crippen molar-refractivity contribution in [2.75, 3.05) is 25.1 Å². The molecule has 2 N–H and O–H groups in total. The van der Waals surface area contributed by atoms with Crippen LogP contribution in [0.15, 0.2) is 54.6 Å². The number of hydrogen-bond donors (Lipinski definition) is 1. The first-order valence-electron chi connectivity index (χ1n) is 9.26. The Kier molecular flexibility index (Phi) is 5.97. The normalized spacial score (nSPS) is 19.6. The summed E-state index contributed by atoms with van der Waals surface area (Å²) >= 11 is 0. The minimum Gasteiger partial charge on any atom is -0.337 e. The van der Waals surface area contributed by atoms with Gasteiger partial charge in [-0.15, -0.1) is 0 Å². The molecule has 1 aliphatic heterocycles. The maximum Gasteiger partial charge on any atom is 0.277 e. The molecule has 1 heterocycles. The number of hydrogen-bond acceptors (Lipinski definition) is 3. The number of benzene rings is 2. The van der Waals surface area contributed by atoms with E-state index in [4.69, 9.17) is 0 Å². The van der Waals surface area contributed by atoms with E-state index in [0.717, 1.165) is 11.1 Å². The molecule has 0 saturated carbocycles. The van der Waals surface area contributed by atoms with E-state index in [-0.39, 0.29) is 36.0 Å². The molecule has 1 aliphatic rings. The van der Waals surface area contributed by atoms with Crippen LogP contribution >= 0.6 is 0 Å². The van der Waals surface area contributed by atoms with Crippen LogP contribution in [0.25, 0.3) is 0 Å². The maximum absolute atomic E-state index is 12.7. The first-order chi connectivity index (χ1) is 12.9. The smallest absolute Gasteiger partial charge is 0.277 e. The summed E-state index contributed by atoms with van der Waals surface area (Å²) in [6.07, 6.45) is 0.532. The zero-order valence-corrected chi connectivity index (χ0v) is 16.7. The quantitative estimate of drug-likeness (QED) is 0.812. The second kappa shape index (κ2) is 8.23. The van der Waals surface area contributed by atoms with Crippen molar-refractivity contribution in [3.63, 3.8) is 0 Å². The molecule has 2 aromatic carbocycles. The second-order valence-corrected chi connectivity index (χ2v) is 9.53. The molecule has 1 amide bonds. The Bertz CT molecular complexity index is 879. The molecule has 1 saturated heterocycles. The van der Waals surface area contributed by atoms with Crippen LogP contribution in [0.3, 0.4) is 0 Å². The average Bonchev–Trinajstić information content (AvgIpc) is 3.03. The van der Waals surface area contributed by atoms with Crippen molar-refractivity contribution < 1.29 is 18.5 Å². The number of quaternary nitrogens is 1. The van der Waals surface area contributed by atoms with Gasteiger partial charge in [0.1, 0.15) is 6.04 Å². The van der Waals surface area contributed by atoms with Gasteiger partial charge in [-0.1, -0.05) is 60.2 Å². The highest BCUT2D eigenvalue weighted by atomic mass is 32.2. The van der Waals surface area contributed by atoms with Gasteiger partial charge in [-0.25, -0.2) is 8.42 Å². The van der Waals surface area contributed by atoms with Crippen LogP contribution in [0, 0.1) is 6.92 Å². The van der Waals surface area contributed by atoms with Crippen molar-refractivity contribution in [1.29, 1.82) is 0 Å². The first-order valence-corrected chi connectivity index (χ1v) is 11.1. The molecular formula is C21H27N2O3S+. The molecular weight excluding hydrogens is 360 g/mol. The summed E-state index contributed by atoms with van der Waals surface area (Å²) in [4.78, 5) is 14.3. The lowest BCUT2D eigenvalue weighted by atomic mass is 9.98. The van der Waals surface area contributed by atoms with Crippen molar-refractivity contribution in [3.05, 3.63) is 71.3 Å². The molecule has 0 spiro atoms. The van der Waals surface area contributed by atoms with Gasteiger partial charge < -0.3 is 10.2 Å². The van der Waals surface area contributed by atoms with Crippen LogP contribution in [0.4, 0.5) is 0 Å². The minimum atomic E-state index is -3.00. The maximum atomic E-state index is 12.7. The summed E-state index contributed by atoms with van der Waals surface area (Å²) in [7, 11) is -1.29. The summed E-state index contributed by atoms with van der Waals surface area (Å²) in [6, 6.07) is 18.3. The highest BCUT2D eigenvalue weighted by Gasteiger charge is 2.33. The number of rotatable bonds is 6. The van der Waals surface area contributed by atoms with Crippen LogP contribution in [-0.4, -0.2) is 50.4 Å². The number of likely N-dealkylation sites (N-methyl/N-ethyl adjacent to an activating group) is 1. The van der Waals surface area contributed by atoms with Gasteiger partial charge in [0, 0.05) is 24.2 Å². The van der Waals surface area contributed by atoms with Crippen LogP contribution in [0.1, 0.15) is 29.2 Å². The molecule has 3 rings (SSSR count). The van der Waals surface area contributed by atoms with Crippen molar-refractivity contribution in [2.24, 2.45) is 0 Å². The third-order valence-corrected chi connectivity index (χ3v) is 7.02. The summed E-state index contributed by atoms with van der Waals surface area (Å²) in [5, 5.41) is 2.03. The fourth-order valence-electron chi connectivity index (χ4n) is 3.55. The average molecular weight is 388 g/mol. The van der Waals surface area contributed by atoms with Gasteiger partial charge in [0.2, 0.25) is 0 Å². The van der Waals surface area contributed by atoms with Gasteiger partial charge in [-0.3, -0.25) is 4.79 Å². The summed E-state index contributed by atoms with van der Waals surface area (Å²) in [5.41, 5.74) is 3.48. The highest BCUT2D eigenvalue weighted by Crippen LogP contribution is 2.19. The SMILES string of the molecule is Cc1ccc([C@H]([NH2+]CC(=O)N(C)[C@@H]2CCS(=O)(=O)C2)c2ccccc2)cc1. The lowest BCUT2D eigenvalue weighted by molar-refractivity contribution is -0.677. The first kappa shape index (κ1) is 19.6. The Morgan fingerprint density at radius 3 is 2.33 bits per heavy atom. The zero-order chi connectivity index (χ0) is 19.4. The number of nitrogens with zero attached hydrogens (tertiary/aromatic N) is 1. The third-order valence-electron chi connectivity index (χ3n) is 5.27. The summed E-state index contributed by atoms with van der Waals surface area (Å²) < 4.78 is 23.4. The number of aryl methyl sites for hydroxylation is 1.